The first-order valence-corrected chi connectivity index (χ1v) is 6.67. The maximum atomic E-state index is 14.2. The van der Waals surface area contributed by atoms with Gasteiger partial charge in [-0.05, 0) is 18.8 Å². The Bertz CT molecular complexity index is 425. The molecule has 0 bridgehead atoms. The topological polar surface area (TPSA) is 37.3 Å². The van der Waals surface area contributed by atoms with Gasteiger partial charge in [-0.25, -0.2) is 8.78 Å². The molecule has 0 spiro atoms. The Labute approximate surface area is 111 Å². The molecule has 1 unspecified atom stereocenters. The zero-order chi connectivity index (χ0) is 13.9. The second-order valence-electron chi connectivity index (χ2n) is 5.26. The van der Waals surface area contributed by atoms with Crippen LogP contribution in [0.4, 0.5) is 8.78 Å². The average molecular weight is 268 g/mol. The van der Waals surface area contributed by atoms with Crippen molar-refractivity contribution in [3.05, 3.63) is 35.9 Å². The molecule has 1 saturated carbocycles. The number of alkyl halides is 2. The predicted molar refractivity (Wildman–Crippen MR) is 68.0 cm³/mol. The summed E-state index contributed by atoms with van der Waals surface area (Å²) in [6, 6.07) is 7.48. The number of carboxylic acids is 1. The number of rotatable bonds is 5. The molecule has 1 aromatic rings. The third kappa shape index (κ3) is 3.31. The second kappa shape index (κ2) is 5.68. The van der Waals surface area contributed by atoms with E-state index >= 15 is 0 Å². The van der Waals surface area contributed by atoms with Crippen LogP contribution in [-0.2, 0) is 10.7 Å². The van der Waals surface area contributed by atoms with Crippen LogP contribution < -0.4 is 0 Å². The lowest BCUT2D eigenvalue weighted by molar-refractivity contribution is -0.148. The van der Waals surface area contributed by atoms with Gasteiger partial charge in [0.05, 0.1) is 5.92 Å². The lowest BCUT2D eigenvalue weighted by Crippen LogP contribution is -2.29. The van der Waals surface area contributed by atoms with Crippen LogP contribution in [0.25, 0.3) is 0 Å². The summed E-state index contributed by atoms with van der Waals surface area (Å²) in [6.07, 6.45) is 2.80. The number of halogens is 2. The van der Waals surface area contributed by atoms with Gasteiger partial charge < -0.3 is 5.11 Å². The van der Waals surface area contributed by atoms with Gasteiger partial charge >= 0.3 is 5.97 Å². The van der Waals surface area contributed by atoms with Crippen LogP contribution in [0, 0.1) is 11.8 Å². The first kappa shape index (κ1) is 14.0. The zero-order valence-electron chi connectivity index (χ0n) is 10.7. The highest BCUT2D eigenvalue weighted by atomic mass is 19.3. The van der Waals surface area contributed by atoms with Gasteiger partial charge in [-0.1, -0.05) is 43.2 Å². The molecule has 4 heteroatoms. The largest absolute Gasteiger partial charge is 0.481 e. The monoisotopic (exact) mass is 268 g/mol. The predicted octanol–water partition coefficient (Wildman–Crippen LogP) is 4.06. The quantitative estimate of drug-likeness (QED) is 0.874. The van der Waals surface area contributed by atoms with E-state index in [0.717, 1.165) is 25.7 Å². The number of benzene rings is 1. The van der Waals surface area contributed by atoms with E-state index < -0.39 is 24.2 Å². The molecule has 1 fully saturated rings. The fraction of sp³-hybridized carbons (Fsp3) is 0.533. The Hall–Kier alpha value is -1.45. The Kier molecular flexibility index (Phi) is 4.17. The van der Waals surface area contributed by atoms with Crippen LogP contribution in [0.1, 0.15) is 37.7 Å². The molecule has 0 saturated heterocycles. The molecule has 1 aliphatic carbocycles. The molecule has 0 radical (unpaired) electrons. The van der Waals surface area contributed by atoms with Gasteiger partial charge in [0, 0.05) is 12.0 Å². The third-order valence-corrected chi connectivity index (χ3v) is 3.96. The van der Waals surface area contributed by atoms with Crippen molar-refractivity contribution in [2.75, 3.05) is 0 Å². The SMILES string of the molecule is O=C(O)C(CC(F)(F)c1ccccc1)C1CCCC1. The zero-order valence-corrected chi connectivity index (χ0v) is 10.7. The summed E-state index contributed by atoms with van der Waals surface area (Å²) in [7, 11) is 0. The Morgan fingerprint density at radius 1 is 1.26 bits per heavy atom. The number of hydrogen-bond donors (Lipinski definition) is 1. The van der Waals surface area contributed by atoms with Crippen molar-refractivity contribution in [1.29, 1.82) is 0 Å². The van der Waals surface area contributed by atoms with Crippen molar-refractivity contribution in [1.82, 2.24) is 0 Å². The summed E-state index contributed by atoms with van der Waals surface area (Å²) in [5.41, 5.74) is -0.0979. The molecule has 19 heavy (non-hydrogen) atoms. The van der Waals surface area contributed by atoms with Crippen molar-refractivity contribution in [2.24, 2.45) is 11.8 Å². The summed E-state index contributed by atoms with van der Waals surface area (Å²) in [6.45, 7) is 0. The molecule has 0 aromatic heterocycles. The van der Waals surface area contributed by atoms with Gasteiger partial charge in [0.2, 0.25) is 0 Å². The summed E-state index contributed by atoms with van der Waals surface area (Å²) in [5.74, 6) is -5.22. The minimum absolute atomic E-state index is 0.0979. The fourth-order valence-electron chi connectivity index (χ4n) is 2.89. The van der Waals surface area contributed by atoms with Crippen molar-refractivity contribution in [3.8, 4) is 0 Å². The molecule has 1 aliphatic rings. The number of aliphatic carboxylic acids is 1. The molecule has 2 rings (SSSR count). The van der Waals surface area contributed by atoms with Gasteiger partial charge in [0.25, 0.3) is 5.92 Å². The van der Waals surface area contributed by atoms with E-state index in [-0.39, 0.29) is 11.5 Å². The highest BCUT2D eigenvalue weighted by Gasteiger charge is 2.41. The fourth-order valence-corrected chi connectivity index (χ4v) is 2.89. The first-order chi connectivity index (χ1) is 9.00. The molecule has 0 aliphatic heterocycles. The van der Waals surface area contributed by atoms with E-state index in [9.17, 15) is 18.7 Å². The van der Waals surface area contributed by atoms with Gasteiger partial charge in [0.15, 0.2) is 0 Å². The average Bonchev–Trinajstić information content (AvgIpc) is 2.90. The number of carboxylic acid groups (broad SMARTS) is 1. The van der Waals surface area contributed by atoms with Crippen molar-refractivity contribution in [3.63, 3.8) is 0 Å². The lowest BCUT2D eigenvalue weighted by Gasteiger charge is -2.25. The van der Waals surface area contributed by atoms with Crippen LogP contribution >= 0.6 is 0 Å². The van der Waals surface area contributed by atoms with Crippen molar-refractivity contribution < 1.29 is 18.7 Å². The maximum Gasteiger partial charge on any atom is 0.307 e. The minimum atomic E-state index is -3.08. The summed E-state index contributed by atoms with van der Waals surface area (Å²) in [4.78, 5) is 11.3. The Morgan fingerprint density at radius 3 is 2.37 bits per heavy atom. The van der Waals surface area contributed by atoms with E-state index in [1.807, 2.05) is 0 Å². The standard InChI is InChI=1S/C15H18F2O2/c16-15(17,12-8-2-1-3-9-12)10-13(14(18)19)11-6-4-5-7-11/h1-3,8-9,11,13H,4-7,10H2,(H,18,19). The van der Waals surface area contributed by atoms with Gasteiger partial charge in [-0.2, -0.15) is 0 Å². The maximum absolute atomic E-state index is 14.2. The highest BCUT2D eigenvalue weighted by molar-refractivity contribution is 5.70. The second-order valence-corrected chi connectivity index (χ2v) is 5.26. The lowest BCUT2D eigenvalue weighted by atomic mass is 9.84. The van der Waals surface area contributed by atoms with Crippen molar-refractivity contribution >= 4 is 5.97 Å². The van der Waals surface area contributed by atoms with Crippen molar-refractivity contribution in [2.45, 2.75) is 38.0 Å². The minimum Gasteiger partial charge on any atom is -0.481 e. The van der Waals surface area contributed by atoms with Crippen LogP contribution in [0.2, 0.25) is 0 Å². The van der Waals surface area contributed by atoms with E-state index in [2.05, 4.69) is 0 Å². The summed E-state index contributed by atoms with van der Waals surface area (Å²) < 4.78 is 28.3. The van der Waals surface area contributed by atoms with Crippen LogP contribution in [0.15, 0.2) is 30.3 Å². The molecule has 1 aromatic carbocycles. The number of carbonyl (C=O) groups is 1. The third-order valence-electron chi connectivity index (χ3n) is 3.96. The van der Waals surface area contributed by atoms with Crippen LogP contribution in [-0.4, -0.2) is 11.1 Å². The molecular formula is C15H18F2O2. The van der Waals surface area contributed by atoms with Crippen LogP contribution in [0.3, 0.4) is 0 Å². The van der Waals surface area contributed by atoms with Gasteiger partial charge in [-0.3, -0.25) is 4.79 Å². The van der Waals surface area contributed by atoms with E-state index in [1.165, 1.54) is 12.1 Å². The molecule has 1 atom stereocenters. The molecule has 104 valence electrons. The van der Waals surface area contributed by atoms with Gasteiger partial charge in [0.1, 0.15) is 0 Å². The highest BCUT2D eigenvalue weighted by Crippen LogP contribution is 2.41. The van der Waals surface area contributed by atoms with E-state index in [4.69, 9.17) is 0 Å². The summed E-state index contributed by atoms with van der Waals surface area (Å²) in [5, 5.41) is 9.21. The van der Waals surface area contributed by atoms with E-state index in [0.29, 0.717) is 0 Å². The Morgan fingerprint density at radius 2 is 1.84 bits per heavy atom. The molecule has 1 N–H and O–H groups in total. The normalized spacial score (nSPS) is 18.4. The first-order valence-electron chi connectivity index (χ1n) is 6.67. The van der Waals surface area contributed by atoms with Crippen LogP contribution in [0.5, 0.6) is 0 Å². The summed E-state index contributed by atoms with van der Waals surface area (Å²) >= 11 is 0. The molecule has 0 heterocycles. The molecular weight excluding hydrogens is 250 g/mol. The van der Waals surface area contributed by atoms with E-state index in [1.54, 1.807) is 18.2 Å². The molecule has 0 amide bonds. The molecule has 2 nitrogen and oxygen atoms in total. The smallest absolute Gasteiger partial charge is 0.307 e. The number of hydrogen-bond acceptors (Lipinski definition) is 1. The van der Waals surface area contributed by atoms with Gasteiger partial charge in [-0.15, -0.1) is 0 Å². The Balaban J connectivity index is 2.14.